The molecule has 2 heterocycles. The molecule has 2 N–H and O–H groups in total. The van der Waals surface area contributed by atoms with Crippen LogP contribution in [0.3, 0.4) is 0 Å². The first-order chi connectivity index (χ1) is 11.6. The molecule has 2 aliphatic rings. The van der Waals surface area contributed by atoms with Crippen LogP contribution in [0, 0.1) is 6.92 Å². The predicted octanol–water partition coefficient (Wildman–Crippen LogP) is 3.82. The Labute approximate surface area is 144 Å². The first kappa shape index (κ1) is 15.6. The molecular formula is C18H21N3O2S. The van der Waals surface area contributed by atoms with Crippen molar-refractivity contribution in [2.24, 2.45) is 0 Å². The van der Waals surface area contributed by atoms with E-state index in [2.05, 4.69) is 15.3 Å². The highest BCUT2D eigenvalue weighted by Crippen LogP contribution is 2.30. The van der Waals surface area contributed by atoms with E-state index in [-0.39, 0.29) is 11.7 Å². The van der Waals surface area contributed by atoms with Crippen LogP contribution in [0.25, 0.3) is 0 Å². The van der Waals surface area contributed by atoms with Crippen LogP contribution in [0.15, 0.2) is 0 Å². The number of fused-ring (bicyclic) bond motifs is 2. The third-order valence-corrected chi connectivity index (χ3v) is 6.05. The van der Waals surface area contributed by atoms with Gasteiger partial charge in [-0.25, -0.2) is 4.98 Å². The van der Waals surface area contributed by atoms with Gasteiger partial charge < -0.3 is 4.98 Å². The maximum Gasteiger partial charge on any atom is 0.274 e. The van der Waals surface area contributed by atoms with Crippen LogP contribution >= 0.6 is 11.3 Å². The second-order valence-corrected chi connectivity index (χ2v) is 7.74. The van der Waals surface area contributed by atoms with Crippen LogP contribution in [0.2, 0.25) is 0 Å². The average molecular weight is 343 g/mol. The van der Waals surface area contributed by atoms with E-state index in [0.29, 0.717) is 17.2 Å². The number of nitrogens with zero attached hydrogens (tertiary/aromatic N) is 1. The zero-order chi connectivity index (χ0) is 16.7. The number of hydrogen-bond donors (Lipinski definition) is 2. The summed E-state index contributed by atoms with van der Waals surface area (Å²) in [5, 5.41) is 3.60. The number of amides is 1. The van der Waals surface area contributed by atoms with Crippen molar-refractivity contribution in [2.45, 2.75) is 58.3 Å². The van der Waals surface area contributed by atoms with E-state index >= 15 is 0 Å². The minimum atomic E-state index is -0.196. The molecule has 4 rings (SSSR count). The number of carbonyl (C=O) groups excluding carboxylic acids is 2. The maximum absolute atomic E-state index is 12.7. The van der Waals surface area contributed by atoms with Crippen LogP contribution in [0.4, 0.5) is 5.13 Å². The molecule has 0 saturated heterocycles. The summed E-state index contributed by atoms with van der Waals surface area (Å²) in [4.78, 5) is 33.8. The summed E-state index contributed by atoms with van der Waals surface area (Å²) in [5.74, 6) is -0.0522. The Morgan fingerprint density at radius 1 is 1.12 bits per heavy atom. The van der Waals surface area contributed by atoms with E-state index in [0.717, 1.165) is 48.2 Å². The average Bonchev–Trinajstić information content (AvgIpc) is 3.02. The smallest absolute Gasteiger partial charge is 0.274 e. The Bertz CT molecular complexity index is 795. The van der Waals surface area contributed by atoms with Crippen LogP contribution in [0.5, 0.6) is 0 Å². The molecule has 1 amide bonds. The lowest BCUT2D eigenvalue weighted by Gasteiger charge is -2.09. The van der Waals surface area contributed by atoms with Crippen molar-refractivity contribution in [3.8, 4) is 0 Å². The second-order valence-electron chi connectivity index (χ2n) is 6.66. The monoisotopic (exact) mass is 343 g/mol. The second kappa shape index (κ2) is 6.16. The van der Waals surface area contributed by atoms with Crippen molar-refractivity contribution < 1.29 is 9.59 Å². The van der Waals surface area contributed by atoms with Crippen LogP contribution in [-0.2, 0) is 19.3 Å². The van der Waals surface area contributed by atoms with Gasteiger partial charge in [-0.05, 0) is 51.0 Å². The summed E-state index contributed by atoms with van der Waals surface area (Å²) in [6.07, 6.45) is 7.96. The van der Waals surface area contributed by atoms with Crippen LogP contribution in [0.1, 0.15) is 74.8 Å². The number of Topliss-reactive ketones (excluding diaryl/α,β-unsaturated/α-hetero) is 1. The zero-order valence-electron chi connectivity index (χ0n) is 13.8. The summed E-state index contributed by atoms with van der Waals surface area (Å²) in [6.45, 7) is 1.85. The molecule has 0 atom stereocenters. The first-order valence-electron chi connectivity index (χ1n) is 8.68. The van der Waals surface area contributed by atoms with Gasteiger partial charge in [0.15, 0.2) is 10.9 Å². The van der Waals surface area contributed by atoms with Crippen molar-refractivity contribution in [3.63, 3.8) is 0 Å². The fourth-order valence-corrected chi connectivity index (χ4v) is 4.79. The zero-order valence-corrected chi connectivity index (χ0v) is 14.6. The fourth-order valence-electron chi connectivity index (χ4n) is 3.74. The lowest BCUT2D eigenvalue weighted by Crippen LogP contribution is -2.14. The van der Waals surface area contributed by atoms with Gasteiger partial charge in [0.25, 0.3) is 5.91 Å². The molecule has 2 aromatic rings. The van der Waals surface area contributed by atoms with E-state index in [1.54, 1.807) is 11.3 Å². The number of aromatic nitrogens is 2. The number of ketones is 1. The van der Waals surface area contributed by atoms with Gasteiger partial charge in [-0.3, -0.25) is 14.9 Å². The number of H-pyrrole nitrogens is 1. The predicted molar refractivity (Wildman–Crippen MR) is 94.1 cm³/mol. The number of thiazole rings is 1. The minimum absolute atomic E-state index is 0.144. The molecule has 0 aromatic carbocycles. The number of rotatable bonds is 2. The number of hydrogen-bond acceptors (Lipinski definition) is 4. The van der Waals surface area contributed by atoms with Crippen LogP contribution < -0.4 is 5.32 Å². The Balaban J connectivity index is 1.58. The molecule has 2 aromatic heterocycles. The Hall–Kier alpha value is -1.95. The number of nitrogens with one attached hydrogen (secondary N) is 2. The van der Waals surface area contributed by atoms with Gasteiger partial charge in [0.05, 0.1) is 5.69 Å². The fraction of sp³-hybridized carbons (Fsp3) is 0.500. The molecule has 0 unspecified atom stereocenters. The number of anilines is 1. The van der Waals surface area contributed by atoms with Gasteiger partial charge in [0, 0.05) is 22.6 Å². The van der Waals surface area contributed by atoms with Gasteiger partial charge in [0.1, 0.15) is 5.69 Å². The molecule has 126 valence electrons. The van der Waals surface area contributed by atoms with Crippen molar-refractivity contribution in [1.82, 2.24) is 9.97 Å². The molecular weight excluding hydrogens is 322 g/mol. The quantitative estimate of drug-likeness (QED) is 0.814. The standard InChI is InChI=1S/C18H21N3O2S/c1-10-15-12(7-5-8-13(15)22)19-16(10)17(23)21-18-20-11-6-3-2-4-9-14(11)24-18/h19H,2-9H2,1H3,(H,20,21,23). The van der Waals surface area contributed by atoms with Gasteiger partial charge in [-0.1, -0.05) is 6.42 Å². The van der Waals surface area contributed by atoms with Gasteiger partial charge in [-0.2, -0.15) is 0 Å². The molecule has 0 aliphatic heterocycles. The molecule has 6 heteroatoms. The summed E-state index contributed by atoms with van der Waals surface area (Å²) in [7, 11) is 0. The molecule has 0 spiro atoms. The van der Waals surface area contributed by atoms with Crippen molar-refractivity contribution in [2.75, 3.05) is 5.32 Å². The number of carbonyl (C=O) groups is 2. The summed E-state index contributed by atoms with van der Waals surface area (Å²) in [5.41, 5.74) is 4.04. The van der Waals surface area contributed by atoms with Crippen molar-refractivity contribution >= 4 is 28.2 Å². The molecule has 0 saturated carbocycles. The van der Waals surface area contributed by atoms with E-state index in [9.17, 15) is 9.59 Å². The molecule has 0 radical (unpaired) electrons. The molecule has 24 heavy (non-hydrogen) atoms. The van der Waals surface area contributed by atoms with Crippen LogP contribution in [-0.4, -0.2) is 21.7 Å². The summed E-state index contributed by atoms with van der Waals surface area (Å²) >= 11 is 1.59. The Morgan fingerprint density at radius 2 is 1.96 bits per heavy atom. The third-order valence-electron chi connectivity index (χ3n) is 4.98. The Morgan fingerprint density at radius 3 is 2.79 bits per heavy atom. The van der Waals surface area contributed by atoms with Crippen molar-refractivity contribution in [3.05, 3.63) is 33.1 Å². The minimum Gasteiger partial charge on any atom is -0.354 e. The highest BCUT2D eigenvalue weighted by molar-refractivity contribution is 7.15. The van der Waals surface area contributed by atoms with E-state index in [1.165, 1.54) is 24.1 Å². The lowest BCUT2D eigenvalue weighted by atomic mass is 9.94. The van der Waals surface area contributed by atoms with Gasteiger partial charge in [0.2, 0.25) is 0 Å². The lowest BCUT2D eigenvalue weighted by molar-refractivity contribution is 0.0971. The molecule has 2 aliphatic carbocycles. The summed E-state index contributed by atoms with van der Waals surface area (Å²) in [6, 6.07) is 0. The van der Waals surface area contributed by atoms with E-state index < -0.39 is 0 Å². The molecule has 0 fully saturated rings. The largest absolute Gasteiger partial charge is 0.354 e. The van der Waals surface area contributed by atoms with E-state index in [1.807, 2.05) is 6.92 Å². The summed E-state index contributed by atoms with van der Waals surface area (Å²) < 4.78 is 0. The first-order valence-corrected chi connectivity index (χ1v) is 9.49. The number of aryl methyl sites for hydroxylation is 3. The maximum atomic E-state index is 12.7. The molecule has 5 nitrogen and oxygen atoms in total. The highest BCUT2D eigenvalue weighted by atomic mass is 32.1. The topological polar surface area (TPSA) is 74.8 Å². The Kier molecular flexibility index (Phi) is 4.00. The molecule has 0 bridgehead atoms. The van der Waals surface area contributed by atoms with E-state index in [4.69, 9.17) is 0 Å². The third kappa shape index (κ3) is 2.69. The van der Waals surface area contributed by atoms with Gasteiger partial charge >= 0.3 is 0 Å². The SMILES string of the molecule is Cc1c(C(=O)Nc2nc3c(s2)CCCCC3)[nH]c2c1C(=O)CCC2. The highest BCUT2D eigenvalue weighted by Gasteiger charge is 2.27. The van der Waals surface area contributed by atoms with Crippen molar-refractivity contribution in [1.29, 1.82) is 0 Å². The normalized spacial score (nSPS) is 17.1. The van der Waals surface area contributed by atoms with Gasteiger partial charge in [-0.15, -0.1) is 11.3 Å². The number of aromatic amines is 1.